The molecule has 0 aliphatic carbocycles. The summed E-state index contributed by atoms with van der Waals surface area (Å²) in [6, 6.07) is 16.9. The van der Waals surface area contributed by atoms with Crippen LogP contribution in [0.4, 0.5) is 15.8 Å². The van der Waals surface area contributed by atoms with Gasteiger partial charge in [0.15, 0.2) is 0 Å². The molecule has 1 amide bonds. The number of carbonyl (C=O) groups is 1. The van der Waals surface area contributed by atoms with Gasteiger partial charge < -0.3 is 5.32 Å². The molecule has 0 bridgehead atoms. The lowest BCUT2D eigenvalue weighted by Crippen LogP contribution is -2.26. The minimum Gasteiger partial charge on any atom is -0.322 e. The lowest BCUT2D eigenvalue weighted by Gasteiger charge is -2.20. The Morgan fingerprint density at radius 2 is 1.55 bits per heavy atom. The van der Waals surface area contributed by atoms with Gasteiger partial charge in [-0.15, -0.1) is 0 Å². The van der Waals surface area contributed by atoms with E-state index in [-0.39, 0.29) is 16.6 Å². The lowest BCUT2D eigenvalue weighted by atomic mass is 10.1. The molecule has 0 heterocycles. The first kappa shape index (κ1) is 20.5. The third kappa shape index (κ3) is 4.46. The highest BCUT2D eigenvalue weighted by Gasteiger charge is 2.21. The van der Waals surface area contributed by atoms with Crippen LogP contribution in [0.2, 0.25) is 0 Å². The van der Waals surface area contributed by atoms with Gasteiger partial charge in [-0.25, -0.2) is 12.8 Å². The number of rotatable bonds is 5. The standard InChI is InChI=1S/C22H21FN2O3S/c1-15-4-11-20(12-5-15)29(27,28)25(3)19-9-6-17(7-10-19)22(26)24-21-13-8-18(23)14-16(21)2/h4-14H,1-3H3,(H,24,26). The Bertz CT molecular complexity index is 1140. The molecule has 3 aromatic rings. The maximum atomic E-state index is 13.2. The van der Waals surface area contributed by atoms with Crippen molar-refractivity contribution in [1.29, 1.82) is 0 Å². The van der Waals surface area contributed by atoms with E-state index in [1.54, 1.807) is 55.5 Å². The molecule has 0 aliphatic rings. The molecule has 7 heteroatoms. The Morgan fingerprint density at radius 1 is 0.931 bits per heavy atom. The number of benzene rings is 3. The summed E-state index contributed by atoms with van der Waals surface area (Å²) in [6.07, 6.45) is 0. The zero-order valence-corrected chi connectivity index (χ0v) is 17.1. The number of sulfonamides is 1. The molecule has 29 heavy (non-hydrogen) atoms. The van der Waals surface area contributed by atoms with E-state index in [1.807, 2.05) is 6.92 Å². The molecule has 3 aromatic carbocycles. The molecular formula is C22H21FN2O3S. The number of hydrogen-bond acceptors (Lipinski definition) is 3. The highest BCUT2D eigenvalue weighted by Crippen LogP contribution is 2.23. The fraction of sp³-hybridized carbons (Fsp3) is 0.136. The number of nitrogens with one attached hydrogen (secondary N) is 1. The Labute approximate surface area is 169 Å². The first-order chi connectivity index (χ1) is 13.7. The largest absolute Gasteiger partial charge is 0.322 e. The maximum absolute atomic E-state index is 13.2. The molecule has 150 valence electrons. The van der Waals surface area contributed by atoms with E-state index in [4.69, 9.17) is 0 Å². The monoisotopic (exact) mass is 412 g/mol. The molecule has 5 nitrogen and oxygen atoms in total. The predicted molar refractivity (Wildman–Crippen MR) is 112 cm³/mol. The maximum Gasteiger partial charge on any atom is 0.264 e. The second-order valence-corrected chi connectivity index (χ2v) is 8.72. The molecule has 3 rings (SSSR count). The van der Waals surface area contributed by atoms with Gasteiger partial charge in [-0.1, -0.05) is 17.7 Å². The van der Waals surface area contributed by atoms with E-state index in [1.165, 1.54) is 29.6 Å². The van der Waals surface area contributed by atoms with Gasteiger partial charge >= 0.3 is 0 Å². The molecule has 0 aromatic heterocycles. The van der Waals surface area contributed by atoms with Gasteiger partial charge in [-0.3, -0.25) is 9.10 Å². The number of amides is 1. The summed E-state index contributed by atoms with van der Waals surface area (Å²) < 4.78 is 39.9. The van der Waals surface area contributed by atoms with Crippen LogP contribution in [0.5, 0.6) is 0 Å². The molecule has 0 saturated heterocycles. The zero-order valence-electron chi connectivity index (χ0n) is 16.3. The molecule has 0 radical (unpaired) electrons. The number of halogens is 1. The fourth-order valence-corrected chi connectivity index (χ4v) is 3.99. The first-order valence-corrected chi connectivity index (χ1v) is 10.4. The Morgan fingerprint density at radius 3 is 2.14 bits per heavy atom. The van der Waals surface area contributed by atoms with Gasteiger partial charge in [0.1, 0.15) is 5.82 Å². The van der Waals surface area contributed by atoms with Gasteiger partial charge in [0.05, 0.1) is 10.6 Å². The van der Waals surface area contributed by atoms with Gasteiger partial charge in [0.2, 0.25) is 0 Å². The van der Waals surface area contributed by atoms with Gasteiger partial charge in [0, 0.05) is 18.3 Å². The van der Waals surface area contributed by atoms with E-state index in [0.29, 0.717) is 22.5 Å². The van der Waals surface area contributed by atoms with E-state index in [9.17, 15) is 17.6 Å². The Kier molecular flexibility index (Phi) is 5.70. The number of aryl methyl sites for hydroxylation is 2. The summed E-state index contributed by atoms with van der Waals surface area (Å²) in [4.78, 5) is 12.6. The van der Waals surface area contributed by atoms with Crippen LogP contribution in [-0.2, 0) is 10.0 Å². The minimum absolute atomic E-state index is 0.194. The molecule has 0 unspecified atom stereocenters. The van der Waals surface area contributed by atoms with Crippen LogP contribution in [-0.4, -0.2) is 21.4 Å². The Hall–Kier alpha value is -3.19. The molecular weight excluding hydrogens is 391 g/mol. The summed E-state index contributed by atoms with van der Waals surface area (Å²) in [5, 5.41) is 2.73. The van der Waals surface area contributed by atoms with Crippen molar-refractivity contribution in [3.63, 3.8) is 0 Å². The molecule has 0 aliphatic heterocycles. The third-order valence-corrected chi connectivity index (χ3v) is 6.41. The average Bonchev–Trinajstić information content (AvgIpc) is 2.70. The highest BCUT2D eigenvalue weighted by atomic mass is 32.2. The number of nitrogens with zero attached hydrogens (tertiary/aromatic N) is 1. The SMILES string of the molecule is Cc1ccc(S(=O)(=O)N(C)c2ccc(C(=O)Nc3ccc(F)cc3C)cc2)cc1. The van der Waals surface area contributed by atoms with Crippen molar-refractivity contribution in [1.82, 2.24) is 0 Å². The summed E-state index contributed by atoms with van der Waals surface area (Å²) in [6.45, 7) is 3.59. The molecule has 0 saturated carbocycles. The van der Waals surface area contributed by atoms with Gasteiger partial charge in [-0.05, 0) is 74.0 Å². The van der Waals surface area contributed by atoms with Crippen molar-refractivity contribution in [2.24, 2.45) is 0 Å². The quantitative estimate of drug-likeness (QED) is 0.670. The number of carbonyl (C=O) groups excluding carboxylic acids is 1. The van der Waals surface area contributed by atoms with Crippen LogP contribution >= 0.6 is 0 Å². The van der Waals surface area contributed by atoms with E-state index >= 15 is 0 Å². The highest BCUT2D eigenvalue weighted by molar-refractivity contribution is 7.92. The summed E-state index contributed by atoms with van der Waals surface area (Å²) >= 11 is 0. The summed E-state index contributed by atoms with van der Waals surface area (Å²) in [5.41, 5.74) is 2.88. The van der Waals surface area contributed by atoms with E-state index in [2.05, 4.69) is 5.32 Å². The van der Waals surface area contributed by atoms with Gasteiger partial charge in [-0.2, -0.15) is 0 Å². The molecule has 1 N–H and O–H groups in total. The van der Waals surface area contributed by atoms with Crippen LogP contribution in [0.3, 0.4) is 0 Å². The van der Waals surface area contributed by atoms with Crippen molar-refractivity contribution in [2.75, 3.05) is 16.7 Å². The predicted octanol–water partition coefficient (Wildman–Crippen LogP) is 4.52. The second kappa shape index (κ2) is 8.05. The zero-order chi connectivity index (χ0) is 21.2. The first-order valence-electron chi connectivity index (χ1n) is 8.91. The topological polar surface area (TPSA) is 66.5 Å². The Balaban J connectivity index is 1.78. The number of hydrogen-bond donors (Lipinski definition) is 1. The van der Waals surface area contributed by atoms with Gasteiger partial charge in [0.25, 0.3) is 15.9 Å². The summed E-state index contributed by atoms with van der Waals surface area (Å²) in [7, 11) is -2.24. The van der Waals surface area contributed by atoms with Crippen molar-refractivity contribution in [2.45, 2.75) is 18.7 Å². The van der Waals surface area contributed by atoms with Crippen molar-refractivity contribution < 1.29 is 17.6 Å². The van der Waals surface area contributed by atoms with E-state index in [0.717, 1.165) is 5.56 Å². The molecule has 0 atom stereocenters. The molecule has 0 spiro atoms. The smallest absolute Gasteiger partial charge is 0.264 e. The van der Waals surface area contributed by atoms with Crippen LogP contribution in [0.15, 0.2) is 71.6 Å². The van der Waals surface area contributed by atoms with Crippen molar-refractivity contribution >= 4 is 27.3 Å². The van der Waals surface area contributed by atoms with E-state index < -0.39 is 10.0 Å². The lowest BCUT2D eigenvalue weighted by molar-refractivity contribution is 0.102. The van der Waals surface area contributed by atoms with Crippen molar-refractivity contribution in [3.05, 3.63) is 89.2 Å². The van der Waals surface area contributed by atoms with Crippen molar-refractivity contribution in [3.8, 4) is 0 Å². The van der Waals surface area contributed by atoms with Crippen LogP contribution in [0.25, 0.3) is 0 Å². The second-order valence-electron chi connectivity index (χ2n) is 6.75. The molecule has 0 fully saturated rings. The van der Waals surface area contributed by atoms with Crippen LogP contribution in [0.1, 0.15) is 21.5 Å². The average molecular weight is 412 g/mol. The third-order valence-electron chi connectivity index (χ3n) is 4.61. The van der Waals surface area contributed by atoms with Crippen LogP contribution < -0.4 is 9.62 Å². The summed E-state index contributed by atoms with van der Waals surface area (Å²) in [5.74, 6) is -0.738. The van der Waals surface area contributed by atoms with Crippen LogP contribution in [0, 0.1) is 19.7 Å². The normalized spacial score (nSPS) is 11.2. The minimum atomic E-state index is -3.70. The fourth-order valence-electron chi connectivity index (χ4n) is 2.79. The number of anilines is 2.